The van der Waals surface area contributed by atoms with Crippen molar-refractivity contribution in [3.63, 3.8) is 0 Å². The summed E-state index contributed by atoms with van der Waals surface area (Å²) in [5, 5.41) is 0.656. The third-order valence-electron chi connectivity index (χ3n) is 2.61. The molecule has 0 fully saturated rings. The number of halogens is 2. The number of hydrogen-bond acceptors (Lipinski definition) is 0. The third kappa shape index (κ3) is 2.10. The van der Waals surface area contributed by atoms with E-state index in [2.05, 4.69) is 0 Å². The van der Waals surface area contributed by atoms with Gasteiger partial charge in [0, 0.05) is 10.6 Å². The lowest BCUT2D eigenvalue weighted by Gasteiger charge is -2.06. The molecule has 16 heavy (non-hydrogen) atoms. The van der Waals surface area contributed by atoms with Gasteiger partial charge in [0.15, 0.2) is 0 Å². The van der Waals surface area contributed by atoms with Crippen molar-refractivity contribution >= 4 is 11.6 Å². The molecule has 0 spiro atoms. The van der Waals surface area contributed by atoms with E-state index < -0.39 is 0 Å². The average Bonchev–Trinajstić information content (AvgIpc) is 2.22. The summed E-state index contributed by atoms with van der Waals surface area (Å²) in [5.41, 5.74) is 3.42. The van der Waals surface area contributed by atoms with Crippen LogP contribution in [0.2, 0.25) is 5.02 Å². The van der Waals surface area contributed by atoms with Crippen LogP contribution in [0, 0.1) is 19.7 Å². The molecule has 0 radical (unpaired) electrons. The molecule has 2 heteroatoms. The zero-order valence-corrected chi connectivity index (χ0v) is 9.98. The Hall–Kier alpha value is -1.34. The Labute approximate surface area is 99.7 Å². The summed E-state index contributed by atoms with van der Waals surface area (Å²) < 4.78 is 13.4. The van der Waals surface area contributed by atoms with Gasteiger partial charge >= 0.3 is 0 Å². The van der Waals surface area contributed by atoms with Gasteiger partial charge in [0.1, 0.15) is 5.82 Å². The van der Waals surface area contributed by atoms with Gasteiger partial charge in [-0.05, 0) is 42.7 Å². The van der Waals surface area contributed by atoms with Crippen LogP contribution in [0.4, 0.5) is 4.39 Å². The summed E-state index contributed by atoms with van der Waals surface area (Å²) in [4.78, 5) is 0. The fourth-order valence-corrected chi connectivity index (χ4v) is 1.96. The molecule has 0 aliphatic carbocycles. The first-order valence-corrected chi connectivity index (χ1v) is 5.48. The minimum absolute atomic E-state index is 0.200. The summed E-state index contributed by atoms with van der Waals surface area (Å²) in [6.45, 7) is 3.72. The number of hydrogen-bond donors (Lipinski definition) is 0. The second-order valence-electron chi connectivity index (χ2n) is 3.95. The molecule has 0 nitrogen and oxygen atoms in total. The van der Waals surface area contributed by atoms with E-state index in [0.717, 1.165) is 16.7 Å². The molecular weight excluding hydrogens is 223 g/mol. The van der Waals surface area contributed by atoms with Crippen LogP contribution in [0.25, 0.3) is 11.1 Å². The van der Waals surface area contributed by atoms with Crippen LogP contribution < -0.4 is 0 Å². The molecule has 0 atom stereocenters. The second-order valence-corrected chi connectivity index (χ2v) is 4.35. The molecule has 2 rings (SSSR count). The molecule has 2 aromatic rings. The van der Waals surface area contributed by atoms with E-state index in [4.69, 9.17) is 11.6 Å². The van der Waals surface area contributed by atoms with E-state index >= 15 is 0 Å². The summed E-state index contributed by atoms with van der Waals surface area (Å²) in [5.74, 6) is -0.200. The monoisotopic (exact) mass is 234 g/mol. The fourth-order valence-electron chi connectivity index (χ4n) is 1.61. The number of rotatable bonds is 1. The number of aryl methyl sites for hydroxylation is 2. The van der Waals surface area contributed by atoms with Gasteiger partial charge in [-0.15, -0.1) is 0 Å². The maximum absolute atomic E-state index is 13.4. The lowest BCUT2D eigenvalue weighted by Crippen LogP contribution is -1.86. The maximum atomic E-state index is 13.4. The van der Waals surface area contributed by atoms with Crippen LogP contribution >= 0.6 is 11.6 Å². The molecule has 0 heterocycles. The van der Waals surface area contributed by atoms with E-state index in [0.29, 0.717) is 10.6 Å². The van der Waals surface area contributed by atoms with Crippen molar-refractivity contribution in [3.8, 4) is 11.1 Å². The van der Waals surface area contributed by atoms with Crippen LogP contribution in [-0.2, 0) is 0 Å². The Morgan fingerprint density at radius 2 is 1.75 bits per heavy atom. The predicted octanol–water partition coefficient (Wildman–Crippen LogP) is 4.76. The van der Waals surface area contributed by atoms with Crippen molar-refractivity contribution < 1.29 is 4.39 Å². The molecule has 0 saturated carbocycles. The van der Waals surface area contributed by atoms with E-state index in [-0.39, 0.29) is 5.82 Å². The first kappa shape index (κ1) is 11.2. The third-order valence-corrected chi connectivity index (χ3v) is 2.92. The highest BCUT2D eigenvalue weighted by molar-refractivity contribution is 6.33. The Kier molecular flexibility index (Phi) is 2.97. The average molecular weight is 235 g/mol. The van der Waals surface area contributed by atoms with Crippen molar-refractivity contribution in [1.29, 1.82) is 0 Å². The first-order chi connectivity index (χ1) is 7.58. The van der Waals surface area contributed by atoms with Gasteiger partial charge in [-0.25, -0.2) is 4.39 Å². The van der Waals surface area contributed by atoms with Crippen LogP contribution in [0.1, 0.15) is 11.1 Å². The summed E-state index contributed by atoms with van der Waals surface area (Å²) in [6.07, 6.45) is 0. The molecular formula is C14H12ClF. The molecule has 0 aliphatic rings. The van der Waals surface area contributed by atoms with Crippen LogP contribution in [0.5, 0.6) is 0 Å². The highest BCUT2D eigenvalue weighted by atomic mass is 35.5. The quantitative estimate of drug-likeness (QED) is 0.667. The molecule has 0 aliphatic heterocycles. The lowest BCUT2D eigenvalue weighted by atomic mass is 10.0. The van der Waals surface area contributed by atoms with Crippen molar-refractivity contribution in [2.45, 2.75) is 13.8 Å². The van der Waals surface area contributed by atoms with E-state index in [9.17, 15) is 4.39 Å². The largest absolute Gasteiger partial charge is 0.207 e. The summed E-state index contributed by atoms with van der Waals surface area (Å²) in [6, 6.07) is 10.9. The zero-order valence-electron chi connectivity index (χ0n) is 9.22. The van der Waals surface area contributed by atoms with Crippen molar-refractivity contribution in [2.75, 3.05) is 0 Å². The fraction of sp³-hybridized carbons (Fsp3) is 0.143. The van der Waals surface area contributed by atoms with Crippen LogP contribution in [-0.4, -0.2) is 0 Å². The van der Waals surface area contributed by atoms with Crippen molar-refractivity contribution in [3.05, 3.63) is 58.4 Å². The Balaban J connectivity index is 2.54. The van der Waals surface area contributed by atoms with Crippen molar-refractivity contribution in [2.24, 2.45) is 0 Å². The van der Waals surface area contributed by atoms with Gasteiger partial charge in [-0.2, -0.15) is 0 Å². The Bertz CT molecular complexity index is 532. The Morgan fingerprint density at radius 3 is 2.38 bits per heavy atom. The van der Waals surface area contributed by atoms with E-state index in [1.165, 1.54) is 6.07 Å². The minimum Gasteiger partial charge on any atom is -0.207 e. The second kappa shape index (κ2) is 4.26. The van der Waals surface area contributed by atoms with Gasteiger partial charge < -0.3 is 0 Å². The molecule has 0 bridgehead atoms. The standard InChI is InChI=1S/C14H12ClF/c1-9-3-6-12(13(15)7-9)11-5-4-10(2)14(16)8-11/h3-8H,1-2H3. The molecule has 0 amide bonds. The highest BCUT2D eigenvalue weighted by Gasteiger charge is 2.05. The minimum atomic E-state index is -0.200. The maximum Gasteiger partial charge on any atom is 0.126 e. The first-order valence-electron chi connectivity index (χ1n) is 5.10. The normalized spacial score (nSPS) is 10.5. The molecule has 82 valence electrons. The molecule has 0 aromatic heterocycles. The van der Waals surface area contributed by atoms with Gasteiger partial charge in [-0.1, -0.05) is 35.9 Å². The summed E-state index contributed by atoms with van der Waals surface area (Å²) in [7, 11) is 0. The van der Waals surface area contributed by atoms with Crippen LogP contribution in [0.15, 0.2) is 36.4 Å². The van der Waals surface area contributed by atoms with Gasteiger partial charge in [0.2, 0.25) is 0 Å². The lowest BCUT2D eigenvalue weighted by molar-refractivity contribution is 0.619. The van der Waals surface area contributed by atoms with Gasteiger partial charge in [0.05, 0.1) is 0 Å². The van der Waals surface area contributed by atoms with E-state index in [1.807, 2.05) is 31.2 Å². The molecule has 2 aromatic carbocycles. The summed E-state index contributed by atoms with van der Waals surface area (Å²) >= 11 is 6.13. The zero-order chi connectivity index (χ0) is 11.7. The molecule has 0 N–H and O–H groups in total. The van der Waals surface area contributed by atoms with Gasteiger partial charge in [-0.3, -0.25) is 0 Å². The van der Waals surface area contributed by atoms with Gasteiger partial charge in [0.25, 0.3) is 0 Å². The molecule has 0 saturated heterocycles. The SMILES string of the molecule is Cc1ccc(-c2ccc(C)c(F)c2)c(Cl)c1. The van der Waals surface area contributed by atoms with Crippen molar-refractivity contribution in [1.82, 2.24) is 0 Å². The smallest absolute Gasteiger partial charge is 0.126 e. The highest BCUT2D eigenvalue weighted by Crippen LogP contribution is 2.29. The molecule has 0 unspecified atom stereocenters. The predicted molar refractivity (Wildman–Crippen MR) is 66.3 cm³/mol. The number of benzene rings is 2. The Morgan fingerprint density at radius 1 is 1.00 bits per heavy atom. The van der Waals surface area contributed by atoms with Crippen LogP contribution in [0.3, 0.4) is 0 Å². The topological polar surface area (TPSA) is 0 Å². The van der Waals surface area contributed by atoms with E-state index in [1.54, 1.807) is 13.0 Å².